The van der Waals surface area contributed by atoms with Gasteiger partial charge in [-0.25, -0.2) is 0 Å². The number of ether oxygens (including phenoxy) is 2. The average molecular weight is 376 g/mol. The van der Waals surface area contributed by atoms with Crippen molar-refractivity contribution in [3.8, 4) is 22.8 Å². The van der Waals surface area contributed by atoms with Crippen molar-refractivity contribution in [1.29, 1.82) is 0 Å². The summed E-state index contributed by atoms with van der Waals surface area (Å²) in [7, 11) is 0. The topological polar surface area (TPSA) is 50.4 Å². The fourth-order valence-electron chi connectivity index (χ4n) is 3.91. The molecule has 2 bridgehead atoms. The Morgan fingerprint density at radius 3 is 2.73 bits per heavy atom. The molecule has 6 heteroatoms. The lowest BCUT2D eigenvalue weighted by atomic mass is 9.86. The van der Waals surface area contributed by atoms with E-state index >= 15 is 0 Å². The van der Waals surface area contributed by atoms with Gasteiger partial charge in [-0.1, -0.05) is 25.4 Å². The zero-order chi connectivity index (χ0) is 18.3. The number of aromatic amines is 1. The van der Waals surface area contributed by atoms with E-state index in [2.05, 4.69) is 28.9 Å². The number of hydrogen-bond donors (Lipinski definition) is 1. The molecule has 5 nitrogen and oxygen atoms in total. The molecule has 0 aliphatic carbocycles. The predicted octanol–water partition coefficient (Wildman–Crippen LogP) is 4.86. The van der Waals surface area contributed by atoms with Crippen molar-refractivity contribution in [3.63, 3.8) is 0 Å². The molecule has 2 aromatic rings. The molecule has 26 heavy (non-hydrogen) atoms. The lowest BCUT2D eigenvalue weighted by Crippen LogP contribution is -2.38. The Bertz CT molecular complexity index is 795. The van der Waals surface area contributed by atoms with Crippen molar-refractivity contribution in [2.24, 2.45) is 5.92 Å². The molecule has 3 aliphatic heterocycles. The monoisotopic (exact) mass is 375 g/mol. The van der Waals surface area contributed by atoms with E-state index in [1.807, 2.05) is 19.1 Å². The van der Waals surface area contributed by atoms with Crippen LogP contribution in [0.5, 0.6) is 11.5 Å². The second-order valence-corrected chi connectivity index (χ2v) is 7.93. The van der Waals surface area contributed by atoms with Gasteiger partial charge >= 0.3 is 0 Å². The number of hydrogen-bond acceptors (Lipinski definition) is 4. The third-order valence-electron chi connectivity index (χ3n) is 5.13. The smallest absolute Gasteiger partial charge is 0.179 e. The third kappa shape index (κ3) is 3.02. The molecule has 0 amide bonds. The molecular formula is C20H26ClN3O2. The molecule has 1 aromatic carbocycles. The molecule has 4 heterocycles. The molecule has 0 radical (unpaired) electrons. The third-order valence-corrected chi connectivity index (χ3v) is 5.41. The van der Waals surface area contributed by atoms with E-state index in [1.54, 1.807) is 0 Å². The maximum Gasteiger partial charge on any atom is 0.179 e. The number of anilines is 1. The first kappa shape index (κ1) is 17.5. The Balaban J connectivity index is 1.74. The van der Waals surface area contributed by atoms with Crippen LogP contribution in [0.3, 0.4) is 0 Å². The maximum atomic E-state index is 6.58. The Morgan fingerprint density at radius 2 is 2.04 bits per heavy atom. The lowest BCUT2D eigenvalue weighted by Gasteiger charge is -2.40. The number of halogens is 1. The van der Waals surface area contributed by atoms with E-state index in [4.69, 9.17) is 21.1 Å². The Hall–Kier alpha value is -1.88. The minimum Gasteiger partial charge on any atom is -0.490 e. The summed E-state index contributed by atoms with van der Waals surface area (Å²) in [6.07, 6.45) is 2.42. The van der Waals surface area contributed by atoms with Crippen molar-refractivity contribution >= 4 is 17.3 Å². The van der Waals surface area contributed by atoms with Gasteiger partial charge < -0.3 is 14.4 Å². The summed E-state index contributed by atoms with van der Waals surface area (Å²) in [6, 6.07) is 3.95. The van der Waals surface area contributed by atoms with Crippen molar-refractivity contribution in [2.75, 3.05) is 31.2 Å². The van der Waals surface area contributed by atoms with Gasteiger partial charge in [0.1, 0.15) is 5.69 Å². The Morgan fingerprint density at radius 1 is 1.27 bits per heavy atom. The van der Waals surface area contributed by atoms with Crippen molar-refractivity contribution in [1.82, 2.24) is 10.2 Å². The fraction of sp³-hybridized carbons (Fsp3) is 0.550. The number of fused-ring (bicyclic) bond motifs is 2. The zero-order valence-corrected chi connectivity index (χ0v) is 16.4. The first-order chi connectivity index (χ1) is 12.6. The molecule has 5 rings (SSSR count). The van der Waals surface area contributed by atoms with Crippen LogP contribution in [0.4, 0.5) is 5.69 Å². The van der Waals surface area contributed by atoms with Crippen LogP contribution in [0.15, 0.2) is 12.1 Å². The second-order valence-electron chi connectivity index (χ2n) is 7.52. The minimum absolute atomic E-state index is 0.418. The number of aromatic nitrogens is 2. The summed E-state index contributed by atoms with van der Waals surface area (Å²) in [5.41, 5.74) is 4.44. The Labute approximate surface area is 159 Å². The van der Waals surface area contributed by atoms with Gasteiger partial charge in [-0.15, -0.1) is 0 Å². The van der Waals surface area contributed by atoms with Crippen LogP contribution in [0.1, 0.15) is 45.2 Å². The van der Waals surface area contributed by atoms with Crippen LogP contribution >= 0.6 is 11.6 Å². The number of piperidine rings is 1. The average Bonchev–Trinajstić information content (AvgIpc) is 3.09. The lowest BCUT2D eigenvalue weighted by molar-refractivity contribution is 0.248. The van der Waals surface area contributed by atoms with Crippen LogP contribution in [0, 0.1) is 5.92 Å². The van der Waals surface area contributed by atoms with Crippen molar-refractivity contribution < 1.29 is 9.47 Å². The van der Waals surface area contributed by atoms with Crippen LogP contribution in [-0.4, -0.2) is 36.5 Å². The van der Waals surface area contributed by atoms with E-state index in [9.17, 15) is 0 Å². The molecule has 0 spiro atoms. The molecule has 140 valence electrons. The summed E-state index contributed by atoms with van der Waals surface area (Å²) < 4.78 is 11.8. The van der Waals surface area contributed by atoms with Crippen LogP contribution in [0.2, 0.25) is 5.02 Å². The quantitative estimate of drug-likeness (QED) is 0.783. The van der Waals surface area contributed by atoms with Gasteiger partial charge in [-0.2, -0.15) is 5.10 Å². The predicted molar refractivity (Wildman–Crippen MR) is 105 cm³/mol. The highest BCUT2D eigenvalue weighted by molar-refractivity contribution is 6.32. The summed E-state index contributed by atoms with van der Waals surface area (Å²) in [6.45, 7) is 9.56. The first-order valence-electron chi connectivity index (χ1n) is 9.51. The second kappa shape index (κ2) is 7.03. The molecule has 3 aliphatic rings. The standard InChI is InChI=1S/C20H26ClN3O2/c1-4-25-16-10-14(9-15(21)20(16)26-11-12(2)3)18-19-17(22-23-18)13-5-7-24(19)8-6-13/h9-10,12-13H,4-8,11H2,1-3H3,(H,22,23). The van der Waals surface area contributed by atoms with Crippen LogP contribution in [0.25, 0.3) is 11.3 Å². The summed E-state index contributed by atoms with van der Waals surface area (Å²) >= 11 is 6.58. The number of rotatable bonds is 6. The van der Waals surface area contributed by atoms with Gasteiger partial charge in [0.15, 0.2) is 11.5 Å². The molecule has 0 saturated carbocycles. The molecule has 0 unspecified atom stereocenters. The molecule has 1 aromatic heterocycles. The molecular weight excluding hydrogens is 350 g/mol. The van der Waals surface area contributed by atoms with E-state index in [0.29, 0.717) is 41.6 Å². The van der Waals surface area contributed by atoms with Gasteiger partial charge in [0.25, 0.3) is 0 Å². The van der Waals surface area contributed by atoms with Gasteiger partial charge in [0, 0.05) is 24.6 Å². The number of nitrogens with zero attached hydrogens (tertiary/aromatic N) is 2. The highest BCUT2D eigenvalue weighted by atomic mass is 35.5. The van der Waals surface area contributed by atoms with Crippen LogP contribution < -0.4 is 14.4 Å². The van der Waals surface area contributed by atoms with Crippen molar-refractivity contribution in [2.45, 2.75) is 39.5 Å². The molecule has 1 saturated heterocycles. The minimum atomic E-state index is 0.418. The van der Waals surface area contributed by atoms with E-state index in [-0.39, 0.29) is 0 Å². The van der Waals surface area contributed by atoms with Gasteiger partial charge in [-0.3, -0.25) is 5.10 Å². The van der Waals surface area contributed by atoms with Crippen molar-refractivity contribution in [3.05, 3.63) is 22.8 Å². The SMILES string of the molecule is CCOc1cc(-c2n[nH]c3c2N2CCC3CC2)cc(Cl)c1OCC(C)C. The number of nitrogens with one attached hydrogen (secondary N) is 1. The fourth-order valence-corrected chi connectivity index (χ4v) is 4.17. The maximum absolute atomic E-state index is 6.58. The largest absolute Gasteiger partial charge is 0.490 e. The van der Waals surface area contributed by atoms with E-state index in [0.717, 1.165) is 24.3 Å². The Kier molecular flexibility index (Phi) is 4.74. The summed E-state index contributed by atoms with van der Waals surface area (Å²) in [5, 5.41) is 8.48. The highest BCUT2D eigenvalue weighted by Crippen LogP contribution is 2.47. The van der Waals surface area contributed by atoms with Gasteiger partial charge in [0.05, 0.1) is 29.6 Å². The van der Waals surface area contributed by atoms with Gasteiger partial charge in [0.2, 0.25) is 0 Å². The number of benzene rings is 1. The number of H-pyrrole nitrogens is 1. The van der Waals surface area contributed by atoms with E-state index in [1.165, 1.54) is 24.2 Å². The molecule has 0 atom stereocenters. The summed E-state index contributed by atoms with van der Waals surface area (Å²) in [4.78, 5) is 2.44. The molecule has 1 N–H and O–H groups in total. The zero-order valence-electron chi connectivity index (χ0n) is 15.6. The van der Waals surface area contributed by atoms with Gasteiger partial charge in [-0.05, 0) is 37.8 Å². The van der Waals surface area contributed by atoms with E-state index < -0.39 is 0 Å². The first-order valence-corrected chi connectivity index (χ1v) is 9.89. The summed E-state index contributed by atoms with van der Waals surface area (Å²) in [5.74, 6) is 2.33. The van der Waals surface area contributed by atoms with Crippen LogP contribution in [-0.2, 0) is 0 Å². The normalized spacial score (nSPS) is 16.3. The molecule has 1 fully saturated rings. The highest BCUT2D eigenvalue weighted by Gasteiger charge is 2.35.